The fourth-order valence-corrected chi connectivity index (χ4v) is 1.63. The van der Waals surface area contributed by atoms with Crippen molar-refractivity contribution in [1.82, 2.24) is 0 Å². The second kappa shape index (κ2) is 4.77. The molecule has 0 aliphatic heterocycles. The van der Waals surface area contributed by atoms with E-state index in [1.807, 2.05) is 0 Å². The van der Waals surface area contributed by atoms with E-state index in [1.54, 1.807) is 6.92 Å². The van der Waals surface area contributed by atoms with Gasteiger partial charge in [-0.15, -0.1) is 0 Å². The molecule has 76 valence electrons. The smallest absolute Gasteiger partial charge is 0.492 e. The van der Waals surface area contributed by atoms with E-state index in [0.29, 0.717) is 11.1 Å². The van der Waals surface area contributed by atoms with E-state index in [1.165, 1.54) is 6.07 Å². The van der Waals surface area contributed by atoms with Crippen molar-refractivity contribution in [2.45, 2.75) is 6.92 Å². The fourth-order valence-electron chi connectivity index (χ4n) is 1.07. The van der Waals surface area contributed by atoms with E-state index in [2.05, 4.69) is 15.9 Å². The van der Waals surface area contributed by atoms with Gasteiger partial charge < -0.3 is 14.8 Å². The van der Waals surface area contributed by atoms with Crippen LogP contribution in [0.25, 0.3) is 0 Å². The van der Waals surface area contributed by atoms with Crippen LogP contribution in [0.3, 0.4) is 0 Å². The van der Waals surface area contributed by atoms with Gasteiger partial charge in [0.25, 0.3) is 0 Å². The Labute approximate surface area is 89.8 Å². The molecule has 6 heteroatoms. The van der Waals surface area contributed by atoms with Gasteiger partial charge in [0.15, 0.2) is 0 Å². The first-order chi connectivity index (χ1) is 6.56. The van der Waals surface area contributed by atoms with Crippen molar-refractivity contribution in [2.75, 3.05) is 6.61 Å². The lowest BCUT2D eigenvalue weighted by Crippen LogP contribution is -2.32. The fraction of sp³-hybridized carbons (Fsp3) is 0.250. The Kier molecular flexibility index (Phi) is 3.91. The SMILES string of the molecule is CCOc1c(Br)cc(F)cc1B(O)O. The topological polar surface area (TPSA) is 49.7 Å². The minimum atomic E-state index is -1.75. The minimum Gasteiger partial charge on any atom is -0.493 e. The molecule has 3 nitrogen and oxygen atoms in total. The van der Waals surface area contributed by atoms with Gasteiger partial charge in [0, 0.05) is 5.46 Å². The summed E-state index contributed by atoms with van der Waals surface area (Å²) >= 11 is 3.08. The maximum absolute atomic E-state index is 12.9. The summed E-state index contributed by atoms with van der Waals surface area (Å²) in [6, 6.07) is 2.23. The van der Waals surface area contributed by atoms with Crippen LogP contribution < -0.4 is 10.2 Å². The van der Waals surface area contributed by atoms with Crippen molar-refractivity contribution < 1.29 is 19.2 Å². The summed E-state index contributed by atoms with van der Waals surface area (Å²) in [6.07, 6.45) is 0. The zero-order valence-electron chi connectivity index (χ0n) is 7.50. The van der Waals surface area contributed by atoms with Crippen LogP contribution in [0.5, 0.6) is 5.75 Å². The number of rotatable bonds is 3. The van der Waals surface area contributed by atoms with E-state index < -0.39 is 12.9 Å². The highest BCUT2D eigenvalue weighted by Crippen LogP contribution is 2.24. The van der Waals surface area contributed by atoms with Crippen LogP contribution in [0.4, 0.5) is 4.39 Å². The molecule has 0 saturated heterocycles. The van der Waals surface area contributed by atoms with E-state index in [0.717, 1.165) is 6.07 Å². The molecular formula is C8H9BBrFO3. The average molecular weight is 263 g/mol. The largest absolute Gasteiger partial charge is 0.493 e. The standard InChI is InChI=1S/C8H9BBrFO3/c1-2-14-8-6(9(12)13)3-5(11)4-7(8)10/h3-4,12-13H,2H2,1H3. The number of hydrogen-bond acceptors (Lipinski definition) is 3. The zero-order valence-corrected chi connectivity index (χ0v) is 9.08. The van der Waals surface area contributed by atoms with Crippen molar-refractivity contribution in [3.8, 4) is 5.75 Å². The van der Waals surface area contributed by atoms with Gasteiger partial charge in [-0.25, -0.2) is 4.39 Å². The molecule has 0 unspecified atom stereocenters. The van der Waals surface area contributed by atoms with Crippen LogP contribution in [0.1, 0.15) is 6.92 Å². The van der Waals surface area contributed by atoms with Gasteiger partial charge in [-0.2, -0.15) is 0 Å². The molecule has 0 aliphatic rings. The Morgan fingerprint density at radius 1 is 1.50 bits per heavy atom. The quantitative estimate of drug-likeness (QED) is 0.788. The second-order valence-corrected chi connectivity index (χ2v) is 3.47. The van der Waals surface area contributed by atoms with Crippen LogP contribution in [0, 0.1) is 5.82 Å². The van der Waals surface area contributed by atoms with Crippen molar-refractivity contribution in [1.29, 1.82) is 0 Å². The first-order valence-corrected chi connectivity index (χ1v) is 4.83. The maximum atomic E-state index is 12.9. The summed E-state index contributed by atoms with van der Waals surface area (Å²) in [5, 5.41) is 17.9. The van der Waals surface area contributed by atoms with Crippen molar-refractivity contribution in [3.05, 3.63) is 22.4 Å². The molecule has 0 fully saturated rings. The lowest BCUT2D eigenvalue weighted by molar-refractivity contribution is 0.337. The van der Waals surface area contributed by atoms with Gasteiger partial charge in [0.05, 0.1) is 11.1 Å². The first kappa shape index (κ1) is 11.5. The van der Waals surface area contributed by atoms with Crippen LogP contribution in [-0.2, 0) is 0 Å². The van der Waals surface area contributed by atoms with Gasteiger partial charge >= 0.3 is 7.12 Å². The zero-order chi connectivity index (χ0) is 10.7. The highest BCUT2D eigenvalue weighted by molar-refractivity contribution is 9.10. The van der Waals surface area contributed by atoms with Gasteiger partial charge in [0.2, 0.25) is 0 Å². The molecule has 0 amide bonds. The first-order valence-electron chi connectivity index (χ1n) is 4.04. The molecule has 0 spiro atoms. The van der Waals surface area contributed by atoms with Crippen LogP contribution in [-0.4, -0.2) is 23.8 Å². The van der Waals surface area contributed by atoms with E-state index in [-0.39, 0.29) is 11.2 Å². The molecular weight excluding hydrogens is 254 g/mol. The predicted octanol–water partition coefficient (Wildman–Crippen LogP) is 0.667. The van der Waals surface area contributed by atoms with Crippen molar-refractivity contribution in [2.24, 2.45) is 0 Å². The monoisotopic (exact) mass is 262 g/mol. The lowest BCUT2D eigenvalue weighted by Gasteiger charge is -2.11. The molecule has 0 aromatic heterocycles. The van der Waals surface area contributed by atoms with E-state index in [9.17, 15) is 4.39 Å². The molecule has 1 rings (SSSR count). The molecule has 0 aliphatic carbocycles. The van der Waals surface area contributed by atoms with E-state index >= 15 is 0 Å². The van der Waals surface area contributed by atoms with Crippen LogP contribution in [0.2, 0.25) is 0 Å². The summed E-state index contributed by atoms with van der Waals surface area (Å²) in [5.74, 6) is -0.299. The maximum Gasteiger partial charge on any atom is 0.492 e. The molecule has 0 atom stereocenters. The highest BCUT2D eigenvalue weighted by atomic mass is 79.9. The summed E-state index contributed by atoms with van der Waals surface area (Å²) < 4.78 is 18.4. The summed E-state index contributed by atoms with van der Waals surface area (Å²) in [7, 11) is -1.75. The van der Waals surface area contributed by atoms with Gasteiger partial charge in [-0.05, 0) is 35.0 Å². The Morgan fingerprint density at radius 3 is 2.64 bits per heavy atom. The third-order valence-electron chi connectivity index (χ3n) is 1.60. The molecule has 0 saturated carbocycles. The van der Waals surface area contributed by atoms with Crippen LogP contribution in [0.15, 0.2) is 16.6 Å². The molecule has 0 bridgehead atoms. The van der Waals surface area contributed by atoms with Gasteiger partial charge in [0.1, 0.15) is 11.6 Å². The van der Waals surface area contributed by atoms with Gasteiger partial charge in [-0.1, -0.05) is 0 Å². The summed E-state index contributed by atoms with van der Waals surface area (Å²) in [5.41, 5.74) is 0.0127. The van der Waals surface area contributed by atoms with E-state index in [4.69, 9.17) is 14.8 Å². The minimum absolute atomic E-state index is 0.0127. The molecule has 0 heterocycles. The molecule has 1 aromatic rings. The third-order valence-corrected chi connectivity index (χ3v) is 2.19. The summed E-state index contributed by atoms with van der Waals surface area (Å²) in [6.45, 7) is 2.12. The van der Waals surface area contributed by atoms with Crippen molar-refractivity contribution in [3.63, 3.8) is 0 Å². The molecule has 0 radical (unpaired) electrons. The van der Waals surface area contributed by atoms with Gasteiger partial charge in [-0.3, -0.25) is 0 Å². The Bertz CT molecular complexity index is 333. The van der Waals surface area contributed by atoms with Crippen molar-refractivity contribution >= 4 is 28.5 Å². The van der Waals surface area contributed by atoms with Crippen LogP contribution >= 0.6 is 15.9 Å². The molecule has 2 N–H and O–H groups in total. The third kappa shape index (κ3) is 2.46. The second-order valence-electron chi connectivity index (χ2n) is 2.61. The molecule has 14 heavy (non-hydrogen) atoms. The lowest BCUT2D eigenvalue weighted by atomic mass is 9.79. The Balaban J connectivity index is 3.21. The highest BCUT2D eigenvalue weighted by Gasteiger charge is 2.20. The molecule has 1 aromatic carbocycles. The number of halogens is 2. The number of ether oxygens (including phenoxy) is 1. The number of benzene rings is 1. The average Bonchev–Trinajstić information content (AvgIpc) is 2.09. The predicted molar refractivity (Wildman–Crippen MR) is 55.1 cm³/mol. The Morgan fingerprint density at radius 2 is 2.14 bits per heavy atom. The Hall–Kier alpha value is -0.585. The summed E-state index contributed by atoms with van der Waals surface area (Å²) in [4.78, 5) is 0. The normalized spacial score (nSPS) is 10.1. The number of hydrogen-bond donors (Lipinski definition) is 2.